The number of aromatic nitrogens is 2. The van der Waals surface area contributed by atoms with Crippen molar-refractivity contribution in [1.29, 1.82) is 0 Å². The first kappa shape index (κ1) is 12.2. The Morgan fingerprint density at radius 2 is 1.84 bits per heavy atom. The van der Waals surface area contributed by atoms with Gasteiger partial charge in [0, 0.05) is 6.04 Å². The predicted octanol–water partition coefficient (Wildman–Crippen LogP) is 2.33. The lowest BCUT2D eigenvalue weighted by atomic mass is 10.1. The molecule has 0 aliphatic heterocycles. The average Bonchev–Trinajstić information content (AvgIpc) is 3.15. The molecular formula is C13H10ClFN2O2. The van der Waals surface area contributed by atoms with Crippen molar-refractivity contribution in [2.75, 3.05) is 0 Å². The number of hydrogen-bond acceptors (Lipinski definition) is 2. The monoisotopic (exact) mass is 280 g/mol. The van der Waals surface area contributed by atoms with E-state index in [0.29, 0.717) is 5.56 Å². The topological polar surface area (TPSA) is 54.9 Å². The van der Waals surface area contributed by atoms with Crippen LogP contribution in [0.2, 0.25) is 5.15 Å². The SMILES string of the molecule is O=c1[nH]c(Cl)c(-c2ccc(F)cc2)c(=O)n1C1CC1. The van der Waals surface area contributed by atoms with Crippen LogP contribution >= 0.6 is 11.6 Å². The van der Waals surface area contributed by atoms with Gasteiger partial charge in [-0.3, -0.25) is 14.3 Å². The zero-order chi connectivity index (χ0) is 13.6. The van der Waals surface area contributed by atoms with E-state index in [2.05, 4.69) is 4.98 Å². The first-order valence-corrected chi connectivity index (χ1v) is 6.26. The number of rotatable bonds is 2. The maximum absolute atomic E-state index is 12.9. The molecule has 6 heteroatoms. The molecule has 1 heterocycles. The van der Waals surface area contributed by atoms with Gasteiger partial charge >= 0.3 is 5.69 Å². The van der Waals surface area contributed by atoms with E-state index in [1.54, 1.807) is 0 Å². The smallest absolute Gasteiger partial charge is 0.297 e. The maximum Gasteiger partial charge on any atom is 0.329 e. The minimum Gasteiger partial charge on any atom is -0.297 e. The highest BCUT2D eigenvalue weighted by Gasteiger charge is 2.28. The van der Waals surface area contributed by atoms with Crippen LogP contribution in [0.4, 0.5) is 4.39 Å². The summed E-state index contributed by atoms with van der Waals surface area (Å²) < 4.78 is 14.1. The molecule has 0 saturated heterocycles. The van der Waals surface area contributed by atoms with Crippen LogP contribution in [0.3, 0.4) is 0 Å². The third kappa shape index (κ3) is 2.10. The van der Waals surface area contributed by atoms with E-state index in [1.165, 1.54) is 28.8 Å². The lowest BCUT2D eigenvalue weighted by molar-refractivity contribution is 0.628. The van der Waals surface area contributed by atoms with Crippen molar-refractivity contribution in [2.24, 2.45) is 0 Å². The molecule has 1 aromatic carbocycles. The van der Waals surface area contributed by atoms with Gasteiger partial charge in [-0.2, -0.15) is 0 Å². The molecular weight excluding hydrogens is 271 g/mol. The molecule has 1 saturated carbocycles. The van der Waals surface area contributed by atoms with E-state index >= 15 is 0 Å². The summed E-state index contributed by atoms with van der Waals surface area (Å²) in [7, 11) is 0. The molecule has 0 radical (unpaired) electrons. The van der Waals surface area contributed by atoms with Gasteiger partial charge in [0.2, 0.25) is 0 Å². The van der Waals surface area contributed by atoms with Gasteiger partial charge in [-0.1, -0.05) is 23.7 Å². The highest BCUT2D eigenvalue weighted by molar-refractivity contribution is 6.32. The summed E-state index contributed by atoms with van der Waals surface area (Å²) in [6.07, 6.45) is 1.63. The average molecular weight is 281 g/mol. The molecule has 98 valence electrons. The van der Waals surface area contributed by atoms with Gasteiger partial charge in [-0.25, -0.2) is 9.18 Å². The molecule has 0 bridgehead atoms. The minimum absolute atomic E-state index is 0.0153. The van der Waals surface area contributed by atoms with Crippen LogP contribution in [0.15, 0.2) is 33.9 Å². The summed E-state index contributed by atoms with van der Waals surface area (Å²) in [5.74, 6) is -0.396. The number of halogens is 2. The van der Waals surface area contributed by atoms with Crippen LogP contribution in [-0.4, -0.2) is 9.55 Å². The number of aromatic amines is 1. The number of benzene rings is 1. The van der Waals surface area contributed by atoms with Gasteiger partial charge in [-0.15, -0.1) is 0 Å². The van der Waals surface area contributed by atoms with Crippen LogP contribution in [0, 0.1) is 5.82 Å². The van der Waals surface area contributed by atoms with Crippen LogP contribution in [0.5, 0.6) is 0 Å². The second-order valence-electron chi connectivity index (χ2n) is 4.53. The maximum atomic E-state index is 12.9. The molecule has 0 unspecified atom stereocenters. The number of H-pyrrole nitrogens is 1. The van der Waals surface area contributed by atoms with Crippen molar-refractivity contribution >= 4 is 11.6 Å². The molecule has 0 atom stereocenters. The summed E-state index contributed by atoms with van der Waals surface area (Å²) >= 11 is 5.94. The van der Waals surface area contributed by atoms with E-state index < -0.39 is 17.1 Å². The van der Waals surface area contributed by atoms with E-state index in [-0.39, 0.29) is 16.8 Å². The van der Waals surface area contributed by atoms with Crippen molar-refractivity contribution in [3.05, 3.63) is 56.1 Å². The molecule has 1 aromatic heterocycles. The summed E-state index contributed by atoms with van der Waals surface area (Å²) in [5.41, 5.74) is -0.235. The fraction of sp³-hybridized carbons (Fsp3) is 0.231. The zero-order valence-electron chi connectivity index (χ0n) is 9.82. The fourth-order valence-corrected chi connectivity index (χ4v) is 2.33. The van der Waals surface area contributed by atoms with Crippen LogP contribution < -0.4 is 11.2 Å². The minimum atomic E-state index is -0.497. The van der Waals surface area contributed by atoms with E-state index in [0.717, 1.165) is 12.8 Å². The Hall–Kier alpha value is -1.88. The Morgan fingerprint density at radius 3 is 2.42 bits per heavy atom. The number of hydrogen-bond donors (Lipinski definition) is 1. The quantitative estimate of drug-likeness (QED) is 0.859. The highest BCUT2D eigenvalue weighted by atomic mass is 35.5. The second-order valence-corrected chi connectivity index (χ2v) is 4.91. The van der Waals surface area contributed by atoms with Gasteiger partial charge in [0.1, 0.15) is 11.0 Å². The summed E-state index contributed by atoms with van der Waals surface area (Å²) in [6, 6.07) is 5.38. The summed E-state index contributed by atoms with van der Waals surface area (Å²) in [6.45, 7) is 0. The van der Waals surface area contributed by atoms with Gasteiger partial charge in [-0.05, 0) is 30.5 Å². The molecule has 0 spiro atoms. The van der Waals surface area contributed by atoms with Crippen molar-refractivity contribution < 1.29 is 4.39 Å². The van der Waals surface area contributed by atoms with E-state index in [4.69, 9.17) is 11.6 Å². The second kappa shape index (κ2) is 4.35. The molecule has 2 aromatic rings. The number of nitrogens with one attached hydrogen (secondary N) is 1. The van der Waals surface area contributed by atoms with Gasteiger partial charge < -0.3 is 0 Å². The standard InChI is InChI=1S/C13H10ClFN2O2/c14-11-10(7-1-3-8(15)4-2-7)12(18)17(9-5-6-9)13(19)16-11/h1-4,9H,5-6H2,(H,16,19). The Kier molecular flexibility index (Phi) is 2.78. The van der Waals surface area contributed by atoms with Crippen molar-refractivity contribution in [3.8, 4) is 11.1 Å². The van der Waals surface area contributed by atoms with Crippen molar-refractivity contribution in [3.63, 3.8) is 0 Å². The van der Waals surface area contributed by atoms with Gasteiger partial charge in [0.25, 0.3) is 5.56 Å². The third-order valence-corrected chi connectivity index (χ3v) is 3.42. The van der Waals surface area contributed by atoms with Gasteiger partial charge in [0.05, 0.1) is 5.56 Å². The summed E-state index contributed by atoms with van der Waals surface area (Å²) in [5, 5.41) is -0.0153. The Labute approximate surface area is 112 Å². The zero-order valence-corrected chi connectivity index (χ0v) is 10.6. The first-order chi connectivity index (χ1) is 9.08. The molecule has 1 aliphatic carbocycles. The molecule has 4 nitrogen and oxygen atoms in total. The van der Waals surface area contributed by atoms with E-state index in [9.17, 15) is 14.0 Å². The molecule has 3 rings (SSSR count). The molecule has 19 heavy (non-hydrogen) atoms. The van der Waals surface area contributed by atoms with Crippen LogP contribution in [0.25, 0.3) is 11.1 Å². The Morgan fingerprint density at radius 1 is 1.21 bits per heavy atom. The third-order valence-electron chi connectivity index (χ3n) is 3.13. The van der Waals surface area contributed by atoms with Crippen molar-refractivity contribution in [1.82, 2.24) is 9.55 Å². The molecule has 1 aliphatic rings. The van der Waals surface area contributed by atoms with E-state index in [1.807, 2.05) is 0 Å². The van der Waals surface area contributed by atoms with Crippen LogP contribution in [-0.2, 0) is 0 Å². The van der Waals surface area contributed by atoms with Gasteiger partial charge in [0.15, 0.2) is 0 Å². The fourth-order valence-electron chi connectivity index (χ4n) is 2.05. The lowest BCUT2D eigenvalue weighted by Gasteiger charge is -2.08. The first-order valence-electron chi connectivity index (χ1n) is 5.88. The predicted molar refractivity (Wildman–Crippen MR) is 70.0 cm³/mol. The lowest BCUT2D eigenvalue weighted by Crippen LogP contribution is -2.35. The normalized spacial score (nSPS) is 14.6. The Balaban J connectivity index is 2.26. The molecule has 0 amide bonds. The highest BCUT2D eigenvalue weighted by Crippen LogP contribution is 2.33. The largest absolute Gasteiger partial charge is 0.329 e. The molecule has 1 fully saturated rings. The van der Waals surface area contributed by atoms with Crippen molar-refractivity contribution in [2.45, 2.75) is 18.9 Å². The van der Waals surface area contributed by atoms with Crippen LogP contribution in [0.1, 0.15) is 18.9 Å². The summed E-state index contributed by atoms with van der Waals surface area (Å²) in [4.78, 5) is 26.5. The Bertz CT molecular complexity index is 745. The number of nitrogens with zero attached hydrogens (tertiary/aromatic N) is 1. The molecule has 1 N–H and O–H groups in total.